The summed E-state index contributed by atoms with van der Waals surface area (Å²) >= 11 is 0. The number of hydrogen-bond donors (Lipinski definition) is 2. The molecule has 2 rings (SSSR count). The summed E-state index contributed by atoms with van der Waals surface area (Å²) in [5.41, 5.74) is 2.11. The first-order chi connectivity index (χ1) is 8.99. The fraction of sp³-hybridized carbons (Fsp3) is 0.571. The molecule has 1 fully saturated rings. The van der Waals surface area contributed by atoms with Crippen molar-refractivity contribution in [3.8, 4) is 0 Å². The van der Waals surface area contributed by atoms with Gasteiger partial charge in [-0.15, -0.1) is 12.4 Å². The van der Waals surface area contributed by atoms with E-state index < -0.39 is 10.0 Å². The highest BCUT2D eigenvalue weighted by Gasteiger charge is 2.18. The van der Waals surface area contributed by atoms with Crippen LogP contribution in [0.4, 0.5) is 0 Å². The third-order valence-electron chi connectivity index (χ3n) is 3.75. The van der Waals surface area contributed by atoms with E-state index in [1.165, 1.54) is 0 Å². The monoisotopic (exact) mass is 318 g/mol. The summed E-state index contributed by atoms with van der Waals surface area (Å²) in [5, 5.41) is 3.29. The molecule has 1 heterocycles. The zero-order valence-electron chi connectivity index (χ0n) is 12.0. The molecule has 114 valence electrons. The van der Waals surface area contributed by atoms with Crippen molar-refractivity contribution in [3.63, 3.8) is 0 Å². The van der Waals surface area contributed by atoms with Crippen molar-refractivity contribution in [1.82, 2.24) is 10.0 Å². The van der Waals surface area contributed by atoms with E-state index in [4.69, 9.17) is 0 Å². The van der Waals surface area contributed by atoms with E-state index in [9.17, 15) is 8.42 Å². The van der Waals surface area contributed by atoms with E-state index >= 15 is 0 Å². The summed E-state index contributed by atoms with van der Waals surface area (Å²) < 4.78 is 27.1. The molecule has 1 aromatic rings. The van der Waals surface area contributed by atoms with Gasteiger partial charge in [0.15, 0.2) is 0 Å². The number of nitrogens with one attached hydrogen (secondary N) is 2. The number of benzene rings is 1. The van der Waals surface area contributed by atoms with Gasteiger partial charge in [-0.05, 0) is 69.0 Å². The second-order valence-corrected chi connectivity index (χ2v) is 7.08. The largest absolute Gasteiger partial charge is 0.316 e. The van der Waals surface area contributed by atoms with Crippen LogP contribution in [0, 0.1) is 19.8 Å². The molecule has 0 radical (unpaired) electrons. The number of halogens is 1. The van der Waals surface area contributed by atoms with Crippen LogP contribution in [0.3, 0.4) is 0 Å². The summed E-state index contributed by atoms with van der Waals surface area (Å²) in [6.45, 7) is 6.37. The molecule has 20 heavy (non-hydrogen) atoms. The Morgan fingerprint density at radius 2 is 2.05 bits per heavy atom. The SMILES string of the molecule is Cc1ccc(S(=O)(=O)NCC2CCCNC2)cc1C.Cl. The number of hydrogen-bond acceptors (Lipinski definition) is 3. The molecule has 0 aliphatic carbocycles. The van der Waals surface area contributed by atoms with E-state index in [-0.39, 0.29) is 12.4 Å². The number of rotatable bonds is 4. The van der Waals surface area contributed by atoms with Crippen molar-refractivity contribution >= 4 is 22.4 Å². The number of aryl methyl sites for hydroxylation is 2. The van der Waals surface area contributed by atoms with Gasteiger partial charge in [0.25, 0.3) is 0 Å². The Morgan fingerprint density at radius 1 is 1.30 bits per heavy atom. The summed E-state index contributed by atoms with van der Waals surface area (Å²) in [7, 11) is -3.38. The van der Waals surface area contributed by atoms with E-state index in [2.05, 4.69) is 10.0 Å². The van der Waals surface area contributed by atoms with Gasteiger partial charge >= 0.3 is 0 Å². The lowest BCUT2D eigenvalue weighted by Gasteiger charge is -2.22. The topological polar surface area (TPSA) is 58.2 Å². The van der Waals surface area contributed by atoms with Gasteiger partial charge in [-0.3, -0.25) is 0 Å². The van der Waals surface area contributed by atoms with Gasteiger partial charge in [0.1, 0.15) is 0 Å². The molecule has 1 aromatic carbocycles. The molecule has 0 aromatic heterocycles. The maximum absolute atomic E-state index is 12.2. The molecular formula is C14H23ClN2O2S. The van der Waals surface area contributed by atoms with E-state index in [1.807, 2.05) is 19.9 Å². The highest BCUT2D eigenvalue weighted by molar-refractivity contribution is 7.89. The summed E-state index contributed by atoms with van der Waals surface area (Å²) in [4.78, 5) is 0.361. The van der Waals surface area contributed by atoms with E-state index in [0.29, 0.717) is 17.4 Å². The highest BCUT2D eigenvalue weighted by atomic mass is 35.5. The zero-order chi connectivity index (χ0) is 13.9. The lowest BCUT2D eigenvalue weighted by molar-refractivity contribution is 0.376. The quantitative estimate of drug-likeness (QED) is 0.893. The molecule has 0 spiro atoms. The van der Waals surface area contributed by atoms with Crippen molar-refractivity contribution in [2.75, 3.05) is 19.6 Å². The van der Waals surface area contributed by atoms with Crippen LogP contribution < -0.4 is 10.0 Å². The van der Waals surface area contributed by atoms with Crippen LogP contribution in [-0.2, 0) is 10.0 Å². The minimum atomic E-state index is -3.38. The summed E-state index contributed by atoms with van der Waals surface area (Å²) in [6, 6.07) is 5.26. The van der Waals surface area contributed by atoms with E-state index in [1.54, 1.807) is 12.1 Å². The molecule has 1 saturated heterocycles. The van der Waals surface area contributed by atoms with Crippen LogP contribution in [0.5, 0.6) is 0 Å². The van der Waals surface area contributed by atoms with Crippen molar-refractivity contribution in [3.05, 3.63) is 29.3 Å². The highest BCUT2D eigenvalue weighted by Crippen LogP contribution is 2.15. The number of piperidine rings is 1. The number of sulfonamides is 1. The lowest BCUT2D eigenvalue weighted by atomic mass is 10.0. The molecule has 1 aliphatic heterocycles. The Morgan fingerprint density at radius 3 is 2.65 bits per heavy atom. The van der Waals surface area contributed by atoms with Crippen LogP contribution in [0.2, 0.25) is 0 Å². The molecule has 1 unspecified atom stereocenters. The molecule has 1 atom stereocenters. The van der Waals surface area contributed by atoms with Crippen molar-refractivity contribution in [1.29, 1.82) is 0 Å². The average molecular weight is 319 g/mol. The minimum Gasteiger partial charge on any atom is -0.316 e. The van der Waals surface area contributed by atoms with Crippen LogP contribution in [0.25, 0.3) is 0 Å². The van der Waals surface area contributed by atoms with Gasteiger partial charge in [-0.25, -0.2) is 13.1 Å². The first-order valence-electron chi connectivity index (χ1n) is 6.77. The van der Waals surface area contributed by atoms with Gasteiger partial charge in [0, 0.05) is 6.54 Å². The predicted octanol–water partition coefficient (Wildman–Crippen LogP) is 2.00. The zero-order valence-corrected chi connectivity index (χ0v) is 13.6. The van der Waals surface area contributed by atoms with Crippen molar-refractivity contribution in [2.24, 2.45) is 5.92 Å². The molecular weight excluding hydrogens is 296 g/mol. The van der Waals surface area contributed by atoms with Gasteiger partial charge < -0.3 is 5.32 Å². The third kappa shape index (κ3) is 4.45. The molecule has 2 N–H and O–H groups in total. The summed E-state index contributed by atoms with van der Waals surface area (Å²) in [6.07, 6.45) is 2.21. The lowest BCUT2D eigenvalue weighted by Crippen LogP contribution is -2.38. The fourth-order valence-electron chi connectivity index (χ4n) is 2.29. The van der Waals surface area contributed by atoms with Gasteiger partial charge in [0.05, 0.1) is 4.90 Å². The van der Waals surface area contributed by atoms with E-state index in [0.717, 1.165) is 37.1 Å². The van der Waals surface area contributed by atoms with Crippen LogP contribution in [-0.4, -0.2) is 28.1 Å². The molecule has 6 heteroatoms. The van der Waals surface area contributed by atoms with Crippen LogP contribution >= 0.6 is 12.4 Å². The Bertz CT molecular complexity index is 540. The van der Waals surface area contributed by atoms with Crippen molar-refractivity contribution in [2.45, 2.75) is 31.6 Å². The Hall–Kier alpha value is -0.620. The first kappa shape index (κ1) is 17.4. The van der Waals surface area contributed by atoms with Crippen molar-refractivity contribution < 1.29 is 8.42 Å². The molecule has 0 bridgehead atoms. The Kier molecular flexibility index (Phi) is 6.45. The van der Waals surface area contributed by atoms with Gasteiger partial charge in [-0.1, -0.05) is 6.07 Å². The maximum atomic E-state index is 12.2. The molecule has 4 nitrogen and oxygen atoms in total. The normalized spacial score (nSPS) is 19.4. The maximum Gasteiger partial charge on any atom is 0.240 e. The first-order valence-corrected chi connectivity index (χ1v) is 8.25. The molecule has 1 aliphatic rings. The van der Waals surface area contributed by atoms with Gasteiger partial charge in [-0.2, -0.15) is 0 Å². The van der Waals surface area contributed by atoms with Gasteiger partial charge in [0.2, 0.25) is 10.0 Å². The van der Waals surface area contributed by atoms with Crippen LogP contribution in [0.15, 0.2) is 23.1 Å². The second-order valence-electron chi connectivity index (χ2n) is 5.31. The molecule has 0 saturated carbocycles. The standard InChI is InChI=1S/C14H22N2O2S.ClH/c1-11-5-6-14(8-12(11)2)19(17,18)16-10-13-4-3-7-15-9-13;/h5-6,8,13,15-16H,3-4,7,9-10H2,1-2H3;1H. The van der Waals surface area contributed by atoms with Crippen LogP contribution in [0.1, 0.15) is 24.0 Å². The average Bonchev–Trinajstić information content (AvgIpc) is 2.41. The fourth-order valence-corrected chi connectivity index (χ4v) is 3.49. The second kappa shape index (κ2) is 7.41. The predicted molar refractivity (Wildman–Crippen MR) is 83.9 cm³/mol. The summed E-state index contributed by atoms with van der Waals surface area (Å²) in [5.74, 6) is 0.398. The smallest absolute Gasteiger partial charge is 0.240 e. The third-order valence-corrected chi connectivity index (χ3v) is 5.17. The Labute approximate surface area is 127 Å². The minimum absolute atomic E-state index is 0. The molecule has 0 amide bonds. The Balaban J connectivity index is 0.00000200.